The number of hydrogen-bond donors (Lipinski definition) is 3. The monoisotopic (exact) mass is 384 g/mol. The lowest BCUT2D eigenvalue weighted by Crippen LogP contribution is -2.37. The zero-order valence-corrected chi connectivity index (χ0v) is 15.2. The van der Waals surface area contributed by atoms with Crippen molar-refractivity contribution in [2.75, 3.05) is 10.6 Å². The van der Waals surface area contributed by atoms with E-state index in [4.69, 9.17) is 4.42 Å². The van der Waals surface area contributed by atoms with Crippen LogP contribution in [0, 0.1) is 12.7 Å². The number of aryl methyl sites for hydroxylation is 1. The quantitative estimate of drug-likeness (QED) is 0.559. The fourth-order valence-corrected chi connectivity index (χ4v) is 3.23. The molecule has 0 spiro atoms. The van der Waals surface area contributed by atoms with Crippen LogP contribution in [0.5, 0.6) is 0 Å². The van der Waals surface area contributed by atoms with Gasteiger partial charge in [-0.1, -0.05) is 13.0 Å². The second kappa shape index (κ2) is 6.59. The Balaban J connectivity index is 1.68. The summed E-state index contributed by atoms with van der Waals surface area (Å²) in [5.74, 6) is -0.131. The highest BCUT2D eigenvalue weighted by Crippen LogP contribution is 2.32. The third kappa shape index (κ3) is 2.75. The van der Waals surface area contributed by atoms with Gasteiger partial charge in [0.05, 0.1) is 17.4 Å². The highest BCUT2D eigenvalue weighted by molar-refractivity contribution is 6.04. The van der Waals surface area contributed by atoms with E-state index in [2.05, 4.69) is 20.9 Å². The average molecular weight is 384 g/mol. The van der Waals surface area contributed by atoms with Crippen molar-refractivity contribution in [1.29, 1.82) is 0 Å². The summed E-state index contributed by atoms with van der Waals surface area (Å²) in [6, 6.07) is 2.28. The standard InChI is InChI=1S/C19H17FN4O4/c1-3-11(19-22-6-8(2)28-19)23-14-15(17(26)16(14)25)24-13-10(20)5-4-9-7-21-18(27)12(9)13/h4-6,11,23-24H,3,7H2,1-2H3,(H,21,27)/t11-/m1/s1. The number of aromatic nitrogens is 1. The molecule has 0 radical (unpaired) electrons. The lowest BCUT2D eigenvalue weighted by Gasteiger charge is -2.20. The van der Waals surface area contributed by atoms with Crippen LogP contribution < -0.4 is 26.8 Å². The molecule has 0 saturated carbocycles. The zero-order valence-electron chi connectivity index (χ0n) is 15.2. The van der Waals surface area contributed by atoms with Crippen molar-refractivity contribution >= 4 is 23.0 Å². The van der Waals surface area contributed by atoms with Crippen LogP contribution in [0.4, 0.5) is 21.5 Å². The molecule has 0 saturated heterocycles. The Morgan fingerprint density at radius 2 is 1.96 bits per heavy atom. The molecule has 3 N–H and O–H groups in total. The van der Waals surface area contributed by atoms with Crippen molar-refractivity contribution < 1.29 is 13.6 Å². The molecule has 1 amide bonds. The first-order chi connectivity index (χ1) is 13.4. The van der Waals surface area contributed by atoms with Crippen LogP contribution in [0.3, 0.4) is 0 Å². The number of oxazole rings is 1. The van der Waals surface area contributed by atoms with Gasteiger partial charge in [0.25, 0.3) is 16.8 Å². The fraction of sp³-hybridized carbons (Fsp3) is 0.263. The Morgan fingerprint density at radius 3 is 2.64 bits per heavy atom. The SMILES string of the molecule is CC[C@@H](Nc1c(Nc2c(F)ccc3c2C(=O)NC3)c(=O)c1=O)c1ncc(C)o1. The first-order valence-electron chi connectivity index (χ1n) is 8.79. The predicted octanol–water partition coefficient (Wildman–Crippen LogP) is 2.27. The number of anilines is 3. The van der Waals surface area contributed by atoms with Gasteiger partial charge in [0, 0.05) is 6.54 Å². The number of nitrogens with zero attached hydrogens (tertiary/aromatic N) is 1. The summed E-state index contributed by atoms with van der Waals surface area (Å²) in [6.45, 7) is 3.89. The van der Waals surface area contributed by atoms with Gasteiger partial charge in [0.2, 0.25) is 5.89 Å². The second-order valence-electron chi connectivity index (χ2n) is 6.59. The minimum Gasteiger partial charge on any atom is -0.444 e. The van der Waals surface area contributed by atoms with Crippen molar-refractivity contribution in [3.05, 3.63) is 67.4 Å². The molecule has 0 fully saturated rings. The molecule has 1 atom stereocenters. The Morgan fingerprint density at radius 1 is 1.21 bits per heavy atom. The first-order valence-corrected chi connectivity index (χ1v) is 8.79. The maximum absolute atomic E-state index is 14.4. The van der Waals surface area contributed by atoms with E-state index in [-0.39, 0.29) is 29.2 Å². The Bertz CT molecular complexity index is 1160. The van der Waals surface area contributed by atoms with Gasteiger partial charge >= 0.3 is 0 Å². The Labute approximate surface area is 158 Å². The normalized spacial score (nSPS) is 14.0. The first kappa shape index (κ1) is 17.9. The second-order valence-corrected chi connectivity index (χ2v) is 6.59. The summed E-state index contributed by atoms with van der Waals surface area (Å²) in [4.78, 5) is 40.4. The number of halogens is 1. The molecule has 0 unspecified atom stereocenters. The number of carbonyl (C=O) groups is 1. The van der Waals surface area contributed by atoms with Gasteiger partial charge in [0.15, 0.2) is 0 Å². The van der Waals surface area contributed by atoms with Crippen LogP contribution in [0.15, 0.2) is 32.3 Å². The van der Waals surface area contributed by atoms with E-state index < -0.39 is 28.6 Å². The molecule has 0 aliphatic carbocycles. The topological polar surface area (TPSA) is 113 Å². The van der Waals surface area contributed by atoms with Crippen LogP contribution in [0.25, 0.3) is 0 Å². The number of nitrogens with one attached hydrogen (secondary N) is 3. The fourth-order valence-electron chi connectivity index (χ4n) is 3.23. The number of rotatable bonds is 6. The van der Waals surface area contributed by atoms with E-state index in [0.29, 0.717) is 23.6 Å². The van der Waals surface area contributed by atoms with E-state index >= 15 is 0 Å². The number of amides is 1. The molecule has 0 bridgehead atoms. The molecule has 8 nitrogen and oxygen atoms in total. The van der Waals surface area contributed by atoms with Crippen molar-refractivity contribution in [2.45, 2.75) is 32.9 Å². The van der Waals surface area contributed by atoms with Gasteiger partial charge in [-0.2, -0.15) is 0 Å². The van der Waals surface area contributed by atoms with Gasteiger partial charge in [-0.25, -0.2) is 9.37 Å². The summed E-state index contributed by atoms with van der Waals surface area (Å²) >= 11 is 0. The molecule has 3 aromatic rings. The molecule has 28 heavy (non-hydrogen) atoms. The Kier molecular flexibility index (Phi) is 4.21. The molecular formula is C19H17FN4O4. The largest absolute Gasteiger partial charge is 0.444 e. The summed E-state index contributed by atoms with van der Waals surface area (Å²) in [7, 11) is 0. The molecule has 1 aliphatic rings. The highest BCUT2D eigenvalue weighted by Gasteiger charge is 2.30. The maximum Gasteiger partial charge on any atom is 0.254 e. The number of benzene rings is 1. The molecule has 2 aromatic carbocycles. The number of carbonyl (C=O) groups excluding carboxylic acids is 1. The zero-order chi connectivity index (χ0) is 20.0. The summed E-state index contributed by atoms with van der Waals surface area (Å²) in [5.41, 5.74) is -0.944. The van der Waals surface area contributed by atoms with Gasteiger partial charge in [-0.05, 0) is 25.0 Å². The van der Waals surface area contributed by atoms with Gasteiger partial charge in [0.1, 0.15) is 29.0 Å². The average Bonchev–Trinajstić information content (AvgIpc) is 3.28. The summed E-state index contributed by atoms with van der Waals surface area (Å²) in [6.07, 6.45) is 2.10. The van der Waals surface area contributed by atoms with Crippen LogP contribution >= 0.6 is 0 Å². The summed E-state index contributed by atoms with van der Waals surface area (Å²) < 4.78 is 19.9. The highest BCUT2D eigenvalue weighted by atomic mass is 19.1. The lowest BCUT2D eigenvalue weighted by molar-refractivity contribution is 0.0966. The van der Waals surface area contributed by atoms with Crippen LogP contribution in [-0.4, -0.2) is 10.9 Å². The predicted molar refractivity (Wildman–Crippen MR) is 100 cm³/mol. The van der Waals surface area contributed by atoms with Gasteiger partial charge < -0.3 is 20.4 Å². The molecule has 2 heterocycles. The summed E-state index contributed by atoms with van der Waals surface area (Å²) in [5, 5.41) is 8.21. The van der Waals surface area contributed by atoms with Crippen LogP contribution in [0.1, 0.15) is 47.0 Å². The van der Waals surface area contributed by atoms with Crippen molar-refractivity contribution in [3.8, 4) is 0 Å². The Hall–Kier alpha value is -3.49. The molecule has 4 rings (SSSR count). The van der Waals surface area contributed by atoms with E-state index in [1.54, 1.807) is 13.1 Å². The minimum absolute atomic E-state index is 0.0168. The van der Waals surface area contributed by atoms with Crippen molar-refractivity contribution in [1.82, 2.24) is 10.3 Å². The smallest absolute Gasteiger partial charge is 0.254 e. The lowest BCUT2D eigenvalue weighted by atomic mass is 10.1. The number of hydrogen-bond acceptors (Lipinski definition) is 7. The van der Waals surface area contributed by atoms with E-state index in [9.17, 15) is 18.8 Å². The molecule has 9 heteroatoms. The van der Waals surface area contributed by atoms with Crippen molar-refractivity contribution in [2.24, 2.45) is 0 Å². The molecule has 144 valence electrons. The van der Waals surface area contributed by atoms with E-state index in [1.165, 1.54) is 12.1 Å². The van der Waals surface area contributed by atoms with Crippen LogP contribution in [0.2, 0.25) is 0 Å². The minimum atomic E-state index is -0.781. The molecule has 1 aliphatic heterocycles. The van der Waals surface area contributed by atoms with Gasteiger partial charge in [-0.15, -0.1) is 0 Å². The van der Waals surface area contributed by atoms with E-state index in [1.807, 2.05) is 6.92 Å². The molecule has 1 aromatic heterocycles. The van der Waals surface area contributed by atoms with E-state index in [0.717, 1.165) is 0 Å². The van der Waals surface area contributed by atoms with Crippen molar-refractivity contribution in [3.63, 3.8) is 0 Å². The number of fused-ring (bicyclic) bond motifs is 1. The third-order valence-electron chi connectivity index (χ3n) is 4.73. The van der Waals surface area contributed by atoms with Crippen LogP contribution in [-0.2, 0) is 6.54 Å². The third-order valence-corrected chi connectivity index (χ3v) is 4.73. The molecular weight excluding hydrogens is 367 g/mol. The maximum atomic E-state index is 14.4. The van der Waals surface area contributed by atoms with Gasteiger partial charge in [-0.3, -0.25) is 14.4 Å².